The number of carbonyl (C=O) groups is 2. The predicted octanol–water partition coefficient (Wildman–Crippen LogP) is 1.83. The summed E-state index contributed by atoms with van der Waals surface area (Å²) in [5.74, 6) is -2.69. The smallest absolute Gasteiger partial charge is 0.335 e. The zero-order chi connectivity index (χ0) is 18.6. The Bertz CT molecular complexity index is 914. The summed E-state index contributed by atoms with van der Waals surface area (Å²) < 4.78 is 40.2. The van der Waals surface area contributed by atoms with E-state index in [1.165, 1.54) is 43.3 Å². The highest BCUT2D eigenvalue weighted by atomic mass is 32.2. The lowest BCUT2D eigenvalue weighted by Crippen LogP contribution is -2.41. The minimum absolute atomic E-state index is 0.0774. The van der Waals surface area contributed by atoms with Crippen LogP contribution in [0.5, 0.6) is 0 Å². The van der Waals surface area contributed by atoms with E-state index in [1.54, 1.807) is 0 Å². The number of carboxylic acids is 1. The number of amides is 1. The summed E-state index contributed by atoms with van der Waals surface area (Å²) in [6, 6.07) is 8.96. The molecule has 0 fully saturated rings. The molecule has 1 amide bonds. The second-order valence-electron chi connectivity index (χ2n) is 5.15. The van der Waals surface area contributed by atoms with E-state index in [0.29, 0.717) is 0 Å². The number of halogens is 1. The number of carbonyl (C=O) groups excluding carboxylic acids is 1. The highest BCUT2D eigenvalue weighted by Crippen LogP contribution is 2.14. The molecule has 2 aromatic rings. The van der Waals surface area contributed by atoms with Crippen LogP contribution in [0, 0.1) is 5.82 Å². The molecule has 0 aliphatic heterocycles. The van der Waals surface area contributed by atoms with Crippen LogP contribution in [0.3, 0.4) is 0 Å². The number of rotatable bonds is 6. The van der Waals surface area contributed by atoms with Crippen LogP contribution in [0.1, 0.15) is 17.3 Å². The maximum Gasteiger partial charge on any atom is 0.335 e. The van der Waals surface area contributed by atoms with E-state index in [9.17, 15) is 22.4 Å². The number of para-hydroxylation sites is 1. The van der Waals surface area contributed by atoms with Gasteiger partial charge in [0.05, 0.1) is 22.2 Å². The molecule has 25 heavy (non-hydrogen) atoms. The molecule has 1 unspecified atom stereocenters. The van der Waals surface area contributed by atoms with Crippen molar-refractivity contribution in [2.45, 2.75) is 17.9 Å². The van der Waals surface area contributed by atoms with Crippen molar-refractivity contribution in [1.29, 1.82) is 0 Å². The number of carboxylic acid groups (broad SMARTS) is 1. The average Bonchev–Trinajstić information content (AvgIpc) is 2.56. The minimum atomic E-state index is -4.13. The van der Waals surface area contributed by atoms with Crippen LogP contribution in [0.25, 0.3) is 0 Å². The Kier molecular flexibility index (Phi) is 5.50. The van der Waals surface area contributed by atoms with Crippen molar-refractivity contribution in [2.75, 3.05) is 5.32 Å². The van der Waals surface area contributed by atoms with Gasteiger partial charge in [-0.3, -0.25) is 4.79 Å². The van der Waals surface area contributed by atoms with Gasteiger partial charge in [0.25, 0.3) is 0 Å². The molecule has 9 heteroatoms. The van der Waals surface area contributed by atoms with Crippen molar-refractivity contribution in [3.63, 3.8) is 0 Å². The molecule has 132 valence electrons. The van der Waals surface area contributed by atoms with Gasteiger partial charge in [-0.2, -0.15) is 4.72 Å². The summed E-state index contributed by atoms with van der Waals surface area (Å²) in [5, 5.41) is 11.2. The first kappa shape index (κ1) is 18.6. The number of sulfonamides is 1. The third kappa shape index (κ3) is 4.61. The Morgan fingerprint density at radius 3 is 2.44 bits per heavy atom. The van der Waals surface area contributed by atoms with Crippen molar-refractivity contribution in [3.8, 4) is 0 Å². The molecule has 0 heterocycles. The van der Waals surface area contributed by atoms with Gasteiger partial charge in [0.1, 0.15) is 5.82 Å². The summed E-state index contributed by atoms with van der Waals surface area (Å²) in [5.41, 5.74) is -0.280. The molecule has 1 atom stereocenters. The average molecular weight is 366 g/mol. The van der Waals surface area contributed by atoms with Crippen LogP contribution in [0.15, 0.2) is 53.4 Å². The number of nitrogens with one attached hydrogen (secondary N) is 2. The highest BCUT2D eigenvalue weighted by Gasteiger charge is 2.23. The summed E-state index contributed by atoms with van der Waals surface area (Å²) in [6.07, 6.45) is 0. The number of hydrogen-bond acceptors (Lipinski definition) is 4. The number of aromatic carboxylic acids is 1. The topological polar surface area (TPSA) is 113 Å². The Balaban J connectivity index is 2.14. The SMILES string of the molecule is CC(NS(=O)(=O)c1cccc(C(=O)O)c1)C(=O)Nc1ccccc1F. The first-order valence-corrected chi connectivity index (χ1v) is 8.60. The van der Waals surface area contributed by atoms with E-state index in [1.807, 2.05) is 0 Å². The second kappa shape index (κ2) is 7.41. The van der Waals surface area contributed by atoms with Crippen LogP contribution < -0.4 is 10.0 Å². The second-order valence-corrected chi connectivity index (χ2v) is 6.86. The largest absolute Gasteiger partial charge is 0.478 e. The van der Waals surface area contributed by atoms with Gasteiger partial charge in [-0.1, -0.05) is 18.2 Å². The van der Waals surface area contributed by atoms with Crippen molar-refractivity contribution in [1.82, 2.24) is 4.72 Å². The molecule has 0 aromatic heterocycles. The van der Waals surface area contributed by atoms with E-state index in [0.717, 1.165) is 12.1 Å². The van der Waals surface area contributed by atoms with Gasteiger partial charge in [0.15, 0.2) is 0 Å². The molecular weight excluding hydrogens is 351 g/mol. The lowest BCUT2D eigenvalue weighted by atomic mass is 10.2. The Morgan fingerprint density at radius 1 is 1.12 bits per heavy atom. The van der Waals surface area contributed by atoms with E-state index in [2.05, 4.69) is 10.0 Å². The zero-order valence-electron chi connectivity index (χ0n) is 13.1. The van der Waals surface area contributed by atoms with Gasteiger partial charge in [-0.15, -0.1) is 0 Å². The van der Waals surface area contributed by atoms with Crippen molar-refractivity contribution in [3.05, 3.63) is 59.9 Å². The van der Waals surface area contributed by atoms with Crippen LogP contribution >= 0.6 is 0 Å². The van der Waals surface area contributed by atoms with Crippen LogP contribution in [0.2, 0.25) is 0 Å². The van der Waals surface area contributed by atoms with Gasteiger partial charge in [-0.25, -0.2) is 17.6 Å². The molecule has 0 aliphatic carbocycles. The number of anilines is 1. The standard InChI is InChI=1S/C16H15FN2O5S/c1-10(15(20)18-14-8-3-2-7-13(14)17)19-25(23,24)12-6-4-5-11(9-12)16(21)22/h2-10,19H,1H3,(H,18,20)(H,21,22). The van der Waals surface area contributed by atoms with Gasteiger partial charge >= 0.3 is 5.97 Å². The van der Waals surface area contributed by atoms with E-state index in [-0.39, 0.29) is 16.1 Å². The molecule has 0 saturated heterocycles. The molecular formula is C16H15FN2O5S. The Labute approximate surface area is 143 Å². The first-order valence-electron chi connectivity index (χ1n) is 7.12. The van der Waals surface area contributed by atoms with Crippen molar-refractivity contribution >= 4 is 27.6 Å². The van der Waals surface area contributed by atoms with Crippen LogP contribution in [0.4, 0.5) is 10.1 Å². The van der Waals surface area contributed by atoms with Gasteiger partial charge in [-0.05, 0) is 37.3 Å². The summed E-state index contributed by atoms with van der Waals surface area (Å²) in [7, 11) is -4.13. The lowest BCUT2D eigenvalue weighted by molar-refractivity contribution is -0.117. The molecule has 2 aromatic carbocycles. The van der Waals surface area contributed by atoms with E-state index in [4.69, 9.17) is 5.11 Å². The fourth-order valence-electron chi connectivity index (χ4n) is 1.95. The van der Waals surface area contributed by atoms with E-state index < -0.39 is 33.8 Å². The third-order valence-electron chi connectivity index (χ3n) is 3.25. The Hall–Kier alpha value is -2.78. The number of benzene rings is 2. The molecule has 2 rings (SSSR count). The van der Waals surface area contributed by atoms with Crippen molar-refractivity contribution in [2.24, 2.45) is 0 Å². The van der Waals surface area contributed by atoms with Gasteiger partial charge in [0, 0.05) is 0 Å². The molecule has 0 radical (unpaired) electrons. The molecule has 0 bridgehead atoms. The minimum Gasteiger partial charge on any atom is -0.478 e. The Morgan fingerprint density at radius 2 is 1.80 bits per heavy atom. The lowest BCUT2D eigenvalue weighted by Gasteiger charge is -2.15. The summed E-state index contributed by atoms with van der Waals surface area (Å²) in [4.78, 5) is 22.7. The fourth-order valence-corrected chi connectivity index (χ4v) is 3.20. The molecule has 3 N–H and O–H groups in total. The molecule has 0 spiro atoms. The predicted molar refractivity (Wildman–Crippen MR) is 88.2 cm³/mol. The molecule has 7 nitrogen and oxygen atoms in total. The monoisotopic (exact) mass is 366 g/mol. The normalized spacial score (nSPS) is 12.4. The van der Waals surface area contributed by atoms with Gasteiger partial charge < -0.3 is 10.4 Å². The number of hydrogen-bond donors (Lipinski definition) is 3. The molecule has 0 aliphatic rings. The maximum atomic E-state index is 13.5. The van der Waals surface area contributed by atoms with E-state index >= 15 is 0 Å². The maximum absolute atomic E-state index is 13.5. The highest BCUT2D eigenvalue weighted by molar-refractivity contribution is 7.89. The van der Waals surface area contributed by atoms with Gasteiger partial charge in [0.2, 0.25) is 15.9 Å². The zero-order valence-corrected chi connectivity index (χ0v) is 13.9. The van der Waals surface area contributed by atoms with Crippen LogP contribution in [-0.4, -0.2) is 31.4 Å². The van der Waals surface area contributed by atoms with Crippen molar-refractivity contribution < 1.29 is 27.5 Å². The quantitative estimate of drug-likeness (QED) is 0.722. The summed E-state index contributed by atoms with van der Waals surface area (Å²) >= 11 is 0. The molecule has 0 saturated carbocycles. The third-order valence-corrected chi connectivity index (χ3v) is 4.79. The fraction of sp³-hybridized carbons (Fsp3) is 0.125. The van der Waals surface area contributed by atoms with Crippen LogP contribution in [-0.2, 0) is 14.8 Å². The summed E-state index contributed by atoms with van der Waals surface area (Å²) in [6.45, 7) is 1.29. The first-order chi connectivity index (χ1) is 11.7.